The number of aromatic nitrogens is 1. The van der Waals surface area contributed by atoms with E-state index in [1.807, 2.05) is 18.2 Å². The fraction of sp³-hybridized carbons (Fsp3) is 0.308. The number of amides is 1. The number of fused-ring (bicyclic) bond motifs is 1. The van der Waals surface area contributed by atoms with Crippen LogP contribution in [0, 0.1) is 0 Å². The Balaban J connectivity index is 1.31. The summed E-state index contributed by atoms with van der Waals surface area (Å²) in [4.78, 5) is 17.8. The van der Waals surface area contributed by atoms with E-state index in [9.17, 15) is 23.4 Å². The fourth-order valence-corrected chi connectivity index (χ4v) is 5.56. The maximum Gasteiger partial charge on any atom is 0.241 e. The zero-order valence-electron chi connectivity index (χ0n) is 20.1. The van der Waals surface area contributed by atoms with E-state index in [1.165, 1.54) is 19.1 Å². The molecule has 5 rings (SSSR count). The van der Waals surface area contributed by atoms with E-state index < -0.39 is 34.2 Å². The third-order valence-electron chi connectivity index (χ3n) is 6.64. The zero-order valence-corrected chi connectivity index (χ0v) is 20.9. The van der Waals surface area contributed by atoms with Gasteiger partial charge in [0.25, 0.3) is 0 Å². The smallest absolute Gasteiger partial charge is 0.241 e. The van der Waals surface area contributed by atoms with Crippen molar-refractivity contribution in [2.24, 2.45) is 0 Å². The van der Waals surface area contributed by atoms with Gasteiger partial charge in [-0.3, -0.25) is 4.79 Å². The first-order chi connectivity index (χ1) is 17.7. The Kier molecular flexibility index (Phi) is 6.40. The third kappa shape index (κ3) is 4.90. The van der Waals surface area contributed by atoms with Gasteiger partial charge in [0.05, 0.1) is 34.8 Å². The monoisotopic (exact) mass is 525 g/mol. The molecule has 2 heterocycles. The quantitative estimate of drug-likeness (QED) is 0.332. The highest BCUT2D eigenvalue weighted by molar-refractivity contribution is 7.89. The second kappa shape index (κ2) is 9.42. The summed E-state index contributed by atoms with van der Waals surface area (Å²) in [6.45, 7) is 0.460. The molecule has 194 valence electrons. The van der Waals surface area contributed by atoms with E-state index in [0.29, 0.717) is 41.4 Å². The number of hydrogen-bond acceptors (Lipinski definition) is 8. The Bertz CT molecular complexity index is 1430. The van der Waals surface area contributed by atoms with Crippen molar-refractivity contribution in [3.8, 4) is 22.8 Å². The highest BCUT2D eigenvalue weighted by atomic mass is 32.2. The summed E-state index contributed by atoms with van der Waals surface area (Å²) in [6.07, 6.45) is 1.43. The predicted molar refractivity (Wildman–Crippen MR) is 135 cm³/mol. The first kappa shape index (κ1) is 25.2. The minimum absolute atomic E-state index is 0.0202. The van der Waals surface area contributed by atoms with Crippen LogP contribution in [0.25, 0.3) is 11.3 Å². The van der Waals surface area contributed by atoms with Crippen LogP contribution in [0.15, 0.2) is 65.6 Å². The number of carbonyl (C=O) groups excluding carboxylic acids is 1. The van der Waals surface area contributed by atoms with Crippen molar-refractivity contribution in [1.29, 1.82) is 0 Å². The maximum absolute atomic E-state index is 13.2. The predicted octanol–water partition coefficient (Wildman–Crippen LogP) is 2.17. The first-order valence-corrected chi connectivity index (χ1v) is 13.2. The zero-order chi connectivity index (χ0) is 26.3. The van der Waals surface area contributed by atoms with Crippen molar-refractivity contribution < 1.29 is 32.9 Å². The molecular weight excluding hydrogens is 498 g/mol. The first-order valence-electron chi connectivity index (χ1n) is 11.7. The lowest BCUT2D eigenvalue weighted by Crippen LogP contribution is -2.51. The van der Waals surface area contributed by atoms with Gasteiger partial charge in [-0.1, -0.05) is 24.3 Å². The van der Waals surface area contributed by atoms with Gasteiger partial charge in [0.15, 0.2) is 11.5 Å². The average Bonchev–Trinajstić information content (AvgIpc) is 3.59. The van der Waals surface area contributed by atoms with Gasteiger partial charge >= 0.3 is 0 Å². The third-order valence-corrected chi connectivity index (χ3v) is 8.29. The SMILES string of the molecule is CC(CO)(CO)NS(=O)(=O)c1ccc(-c2cccc(NC(=O)C3(c4ccc5c(c4)OCO5)CC3)n2)cc1. The van der Waals surface area contributed by atoms with Crippen molar-refractivity contribution in [2.45, 2.75) is 35.6 Å². The summed E-state index contributed by atoms with van der Waals surface area (Å²) in [7, 11) is -3.97. The van der Waals surface area contributed by atoms with Gasteiger partial charge in [0.1, 0.15) is 5.82 Å². The van der Waals surface area contributed by atoms with Gasteiger partial charge in [-0.2, -0.15) is 0 Å². The molecule has 1 saturated carbocycles. The van der Waals surface area contributed by atoms with Crippen LogP contribution in [0.2, 0.25) is 0 Å². The Labute approximate surface area is 214 Å². The lowest BCUT2D eigenvalue weighted by molar-refractivity contribution is -0.118. The van der Waals surface area contributed by atoms with Crippen molar-refractivity contribution >= 4 is 21.7 Å². The molecule has 0 saturated heterocycles. The van der Waals surface area contributed by atoms with E-state index in [2.05, 4.69) is 15.0 Å². The molecule has 1 aliphatic carbocycles. The molecule has 1 aromatic heterocycles. The highest BCUT2D eigenvalue weighted by Gasteiger charge is 2.51. The number of nitrogens with one attached hydrogen (secondary N) is 2. The molecule has 3 aromatic rings. The molecule has 2 aliphatic rings. The molecule has 0 radical (unpaired) electrons. The van der Waals surface area contributed by atoms with Gasteiger partial charge in [0.2, 0.25) is 22.7 Å². The summed E-state index contributed by atoms with van der Waals surface area (Å²) < 4.78 is 38.5. The molecular formula is C26H27N3O7S. The van der Waals surface area contributed by atoms with Crippen molar-refractivity contribution in [1.82, 2.24) is 9.71 Å². The molecule has 0 atom stereocenters. The topological polar surface area (TPSA) is 147 Å². The molecule has 2 aromatic carbocycles. The van der Waals surface area contributed by atoms with E-state index in [4.69, 9.17) is 9.47 Å². The van der Waals surface area contributed by atoms with Gasteiger partial charge in [0, 0.05) is 5.56 Å². The fourth-order valence-electron chi connectivity index (χ4n) is 4.17. The molecule has 1 fully saturated rings. The largest absolute Gasteiger partial charge is 0.454 e. The average molecular weight is 526 g/mol. The Morgan fingerprint density at radius 2 is 1.73 bits per heavy atom. The second-order valence-corrected chi connectivity index (χ2v) is 11.2. The van der Waals surface area contributed by atoms with Crippen LogP contribution in [-0.4, -0.2) is 55.1 Å². The lowest BCUT2D eigenvalue weighted by atomic mass is 9.94. The van der Waals surface area contributed by atoms with Crippen molar-refractivity contribution in [3.05, 3.63) is 66.2 Å². The Hall–Kier alpha value is -3.51. The van der Waals surface area contributed by atoms with Gasteiger partial charge in [-0.15, -0.1) is 0 Å². The summed E-state index contributed by atoms with van der Waals surface area (Å²) in [5, 5.41) is 21.7. The minimum Gasteiger partial charge on any atom is -0.454 e. The van der Waals surface area contributed by atoms with E-state index in [1.54, 1.807) is 30.3 Å². The number of pyridine rings is 1. The summed E-state index contributed by atoms with van der Waals surface area (Å²) >= 11 is 0. The molecule has 4 N–H and O–H groups in total. The molecule has 0 unspecified atom stereocenters. The highest BCUT2D eigenvalue weighted by Crippen LogP contribution is 2.51. The Morgan fingerprint density at radius 3 is 2.41 bits per heavy atom. The normalized spacial score (nSPS) is 15.9. The van der Waals surface area contributed by atoms with E-state index >= 15 is 0 Å². The standard InChI is InChI=1S/C26H27N3O7S/c1-25(14-30,15-31)29-37(33,34)19-8-5-17(6-9-19)20-3-2-4-23(27-20)28-24(32)26(11-12-26)18-7-10-21-22(13-18)36-16-35-21/h2-10,13,29-31H,11-12,14-16H2,1H3,(H,27,28,32). The van der Waals surface area contributed by atoms with Crippen LogP contribution in [0.1, 0.15) is 25.3 Å². The van der Waals surface area contributed by atoms with Crippen molar-refractivity contribution in [2.75, 3.05) is 25.3 Å². The number of aliphatic hydroxyl groups is 2. The van der Waals surface area contributed by atoms with E-state index in [-0.39, 0.29) is 17.6 Å². The summed E-state index contributed by atoms with van der Waals surface area (Å²) in [6, 6.07) is 16.8. The Morgan fingerprint density at radius 1 is 1.03 bits per heavy atom. The van der Waals surface area contributed by atoms with Crippen LogP contribution in [0.4, 0.5) is 5.82 Å². The lowest BCUT2D eigenvalue weighted by Gasteiger charge is -2.25. The molecule has 0 spiro atoms. The summed E-state index contributed by atoms with van der Waals surface area (Å²) in [5.41, 5.74) is 0.0521. The van der Waals surface area contributed by atoms with Gasteiger partial charge in [-0.25, -0.2) is 18.1 Å². The number of ether oxygens (including phenoxy) is 2. The molecule has 10 nitrogen and oxygen atoms in total. The number of benzene rings is 2. The van der Waals surface area contributed by atoms with Crippen LogP contribution in [-0.2, 0) is 20.2 Å². The number of aliphatic hydroxyl groups excluding tert-OH is 2. The number of hydrogen-bond donors (Lipinski definition) is 4. The maximum atomic E-state index is 13.2. The second-order valence-electron chi connectivity index (χ2n) is 9.52. The van der Waals surface area contributed by atoms with Gasteiger partial charge < -0.3 is 25.0 Å². The molecule has 37 heavy (non-hydrogen) atoms. The van der Waals surface area contributed by atoms with Gasteiger partial charge in [-0.05, 0) is 61.7 Å². The molecule has 1 amide bonds. The number of anilines is 1. The molecule has 1 aliphatic heterocycles. The molecule has 0 bridgehead atoms. The number of carbonyl (C=O) groups is 1. The number of sulfonamides is 1. The van der Waals surface area contributed by atoms with Crippen LogP contribution < -0.4 is 19.5 Å². The van der Waals surface area contributed by atoms with Crippen LogP contribution >= 0.6 is 0 Å². The molecule has 11 heteroatoms. The number of nitrogens with zero attached hydrogens (tertiary/aromatic N) is 1. The van der Waals surface area contributed by atoms with Crippen LogP contribution in [0.5, 0.6) is 11.5 Å². The van der Waals surface area contributed by atoms with Crippen molar-refractivity contribution in [3.63, 3.8) is 0 Å². The number of rotatable bonds is 9. The summed E-state index contributed by atoms with van der Waals surface area (Å²) in [5.74, 6) is 1.53. The minimum atomic E-state index is -3.97. The van der Waals surface area contributed by atoms with E-state index in [0.717, 1.165) is 5.56 Å². The van der Waals surface area contributed by atoms with Crippen LogP contribution in [0.3, 0.4) is 0 Å².